The first kappa shape index (κ1) is 14.3. The average molecular weight is 272 g/mol. The van der Waals surface area contributed by atoms with Gasteiger partial charge in [-0.2, -0.15) is 0 Å². The molecule has 2 rings (SSSR count). The Balaban J connectivity index is 2.07. The molecule has 0 unspecified atom stereocenters. The first-order valence-electron chi connectivity index (χ1n) is 6.55. The van der Waals surface area contributed by atoms with Crippen molar-refractivity contribution in [1.82, 2.24) is 9.97 Å². The monoisotopic (exact) mass is 272 g/mol. The van der Waals surface area contributed by atoms with E-state index in [1.165, 1.54) is 11.1 Å². The molecule has 0 bridgehead atoms. The molecule has 0 spiro atoms. The molecule has 0 aliphatic carbocycles. The van der Waals surface area contributed by atoms with Gasteiger partial charge in [0.25, 0.3) is 0 Å². The van der Waals surface area contributed by atoms with Gasteiger partial charge in [-0.15, -0.1) is 0 Å². The van der Waals surface area contributed by atoms with Crippen LogP contribution in [0.4, 0.5) is 11.6 Å². The number of hydrogen-bond acceptors (Lipinski definition) is 5. The van der Waals surface area contributed by atoms with Gasteiger partial charge in [0.15, 0.2) is 5.82 Å². The summed E-state index contributed by atoms with van der Waals surface area (Å²) in [4.78, 5) is 8.74. The highest BCUT2D eigenvalue weighted by Gasteiger charge is 2.03. The van der Waals surface area contributed by atoms with Crippen LogP contribution in [0, 0.1) is 6.92 Å². The number of hydrogen-bond donors (Lipinski definition) is 2. The second-order valence-electron chi connectivity index (χ2n) is 4.58. The van der Waals surface area contributed by atoms with Crippen molar-refractivity contribution in [3.8, 4) is 0 Å². The zero-order chi connectivity index (χ0) is 14.4. The van der Waals surface area contributed by atoms with Crippen molar-refractivity contribution in [2.45, 2.75) is 20.1 Å². The predicted molar refractivity (Wildman–Crippen MR) is 80.8 cm³/mol. The van der Waals surface area contributed by atoms with Crippen LogP contribution in [-0.2, 0) is 17.9 Å². The van der Waals surface area contributed by atoms with E-state index in [-0.39, 0.29) is 0 Å². The highest BCUT2D eigenvalue weighted by Crippen LogP contribution is 2.13. The van der Waals surface area contributed by atoms with Crippen molar-refractivity contribution in [2.75, 3.05) is 24.8 Å². The summed E-state index contributed by atoms with van der Waals surface area (Å²) >= 11 is 0. The molecule has 0 atom stereocenters. The number of nitrogens with one attached hydrogen (secondary N) is 2. The number of rotatable bonds is 6. The smallest absolute Gasteiger partial charge is 0.158 e. The molecule has 0 aliphatic heterocycles. The molecule has 20 heavy (non-hydrogen) atoms. The standard InChI is InChI=1S/C15H20N4O/c1-11-4-6-12(7-5-11)9-17-14-8-13(16-2)18-15(19-14)10-20-3/h4-8H,9-10H2,1-3H3,(H2,16,17,18,19). The van der Waals surface area contributed by atoms with Gasteiger partial charge in [0.05, 0.1) is 0 Å². The molecule has 106 valence electrons. The Labute approximate surface area is 119 Å². The number of aromatic nitrogens is 2. The van der Waals surface area contributed by atoms with E-state index >= 15 is 0 Å². The lowest BCUT2D eigenvalue weighted by atomic mass is 10.1. The van der Waals surface area contributed by atoms with Crippen LogP contribution < -0.4 is 10.6 Å². The lowest BCUT2D eigenvalue weighted by Crippen LogP contribution is -2.07. The van der Waals surface area contributed by atoms with Gasteiger partial charge in [0, 0.05) is 26.8 Å². The van der Waals surface area contributed by atoms with E-state index < -0.39 is 0 Å². The van der Waals surface area contributed by atoms with Crippen LogP contribution in [-0.4, -0.2) is 24.1 Å². The van der Waals surface area contributed by atoms with Gasteiger partial charge >= 0.3 is 0 Å². The van der Waals surface area contributed by atoms with Crippen LogP contribution in [0.25, 0.3) is 0 Å². The summed E-state index contributed by atoms with van der Waals surface area (Å²) in [6.45, 7) is 3.21. The summed E-state index contributed by atoms with van der Waals surface area (Å²) < 4.78 is 5.08. The Morgan fingerprint density at radius 2 is 1.80 bits per heavy atom. The molecule has 1 aromatic heterocycles. The van der Waals surface area contributed by atoms with Gasteiger partial charge in [0.2, 0.25) is 0 Å². The third-order valence-electron chi connectivity index (χ3n) is 2.90. The largest absolute Gasteiger partial charge is 0.377 e. The molecule has 0 amide bonds. The number of aryl methyl sites for hydroxylation is 1. The zero-order valence-electron chi connectivity index (χ0n) is 12.1. The van der Waals surface area contributed by atoms with Crippen molar-refractivity contribution >= 4 is 11.6 Å². The maximum absolute atomic E-state index is 5.08. The highest BCUT2D eigenvalue weighted by molar-refractivity contribution is 5.47. The maximum atomic E-state index is 5.08. The van der Waals surface area contributed by atoms with Gasteiger partial charge in [-0.1, -0.05) is 29.8 Å². The fourth-order valence-electron chi connectivity index (χ4n) is 1.81. The Morgan fingerprint density at radius 3 is 2.45 bits per heavy atom. The minimum atomic E-state index is 0.398. The molecule has 0 radical (unpaired) electrons. The van der Waals surface area contributed by atoms with Crippen LogP contribution in [0.5, 0.6) is 0 Å². The summed E-state index contributed by atoms with van der Waals surface area (Å²) in [5.41, 5.74) is 2.48. The summed E-state index contributed by atoms with van der Waals surface area (Å²) in [5.74, 6) is 2.22. The topological polar surface area (TPSA) is 59.1 Å². The van der Waals surface area contributed by atoms with E-state index in [2.05, 4.69) is 51.8 Å². The minimum absolute atomic E-state index is 0.398. The van der Waals surface area contributed by atoms with Crippen molar-refractivity contribution in [1.29, 1.82) is 0 Å². The molecule has 1 aromatic carbocycles. The van der Waals surface area contributed by atoms with Crippen LogP contribution in [0.2, 0.25) is 0 Å². The molecular formula is C15H20N4O. The SMILES string of the molecule is CNc1cc(NCc2ccc(C)cc2)nc(COC)n1. The van der Waals surface area contributed by atoms with Gasteiger partial charge in [0.1, 0.15) is 18.2 Å². The Kier molecular flexibility index (Phi) is 4.90. The van der Waals surface area contributed by atoms with E-state index in [1.807, 2.05) is 13.1 Å². The van der Waals surface area contributed by atoms with Gasteiger partial charge in [-0.3, -0.25) is 0 Å². The van der Waals surface area contributed by atoms with E-state index in [0.717, 1.165) is 18.2 Å². The van der Waals surface area contributed by atoms with Crippen molar-refractivity contribution in [3.05, 3.63) is 47.3 Å². The number of anilines is 2. The molecule has 0 saturated carbocycles. The number of nitrogens with zero attached hydrogens (tertiary/aromatic N) is 2. The van der Waals surface area contributed by atoms with Crippen molar-refractivity contribution in [3.63, 3.8) is 0 Å². The fraction of sp³-hybridized carbons (Fsp3) is 0.333. The Hall–Kier alpha value is -2.14. The maximum Gasteiger partial charge on any atom is 0.158 e. The van der Waals surface area contributed by atoms with E-state index in [4.69, 9.17) is 4.74 Å². The molecule has 0 aliphatic rings. The molecule has 0 saturated heterocycles. The first-order chi connectivity index (χ1) is 9.71. The quantitative estimate of drug-likeness (QED) is 0.846. The molecular weight excluding hydrogens is 252 g/mol. The number of benzene rings is 1. The molecule has 5 nitrogen and oxygen atoms in total. The van der Waals surface area contributed by atoms with Crippen molar-refractivity contribution in [2.24, 2.45) is 0 Å². The third-order valence-corrected chi connectivity index (χ3v) is 2.90. The highest BCUT2D eigenvalue weighted by atomic mass is 16.5. The second-order valence-corrected chi connectivity index (χ2v) is 4.58. The zero-order valence-corrected chi connectivity index (χ0v) is 12.1. The normalized spacial score (nSPS) is 10.3. The molecule has 2 N–H and O–H groups in total. The van der Waals surface area contributed by atoms with E-state index in [9.17, 15) is 0 Å². The molecule has 1 heterocycles. The Morgan fingerprint density at radius 1 is 1.10 bits per heavy atom. The first-order valence-corrected chi connectivity index (χ1v) is 6.55. The summed E-state index contributed by atoms with van der Waals surface area (Å²) in [7, 11) is 3.47. The van der Waals surface area contributed by atoms with Gasteiger partial charge in [-0.05, 0) is 12.5 Å². The molecule has 0 fully saturated rings. The van der Waals surface area contributed by atoms with Crippen LogP contribution >= 0.6 is 0 Å². The van der Waals surface area contributed by atoms with Crippen LogP contribution in [0.15, 0.2) is 30.3 Å². The third kappa shape index (κ3) is 3.93. The second kappa shape index (κ2) is 6.86. The lowest BCUT2D eigenvalue weighted by molar-refractivity contribution is 0.178. The number of methoxy groups -OCH3 is 1. The lowest BCUT2D eigenvalue weighted by Gasteiger charge is -2.10. The molecule has 2 aromatic rings. The van der Waals surface area contributed by atoms with E-state index in [1.54, 1.807) is 7.11 Å². The minimum Gasteiger partial charge on any atom is -0.377 e. The summed E-state index contributed by atoms with van der Waals surface area (Å²) in [6.07, 6.45) is 0. The van der Waals surface area contributed by atoms with Crippen LogP contribution in [0.3, 0.4) is 0 Å². The van der Waals surface area contributed by atoms with E-state index in [0.29, 0.717) is 12.4 Å². The van der Waals surface area contributed by atoms with Gasteiger partial charge in [-0.25, -0.2) is 9.97 Å². The Bertz CT molecular complexity index is 554. The van der Waals surface area contributed by atoms with Gasteiger partial charge < -0.3 is 15.4 Å². The summed E-state index contributed by atoms with van der Waals surface area (Å²) in [6, 6.07) is 10.3. The fourth-order valence-corrected chi connectivity index (χ4v) is 1.81. The molecule has 5 heteroatoms. The predicted octanol–water partition coefficient (Wildman–Crippen LogP) is 2.59. The van der Waals surface area contributed by atoms with Crippen molar-refractivity contribution < 1.29 is 4.74 Å². The number of ether oxygens (including phenoxy) is 1. The summed E-state index contributed by atoms with van der Waals surface area (Å²) in [5, 5.41) is 6.33. The average Bonchev–Trinajstić information content (AvgIpc) is 2.47. The van der Waals surface area contributed by atoms with Crippen LogP contribution in [0.1, 0.15) is 17.0 Å².